The maximum atomic E-state index is 12.6. The van der Waals surface area contributed by atoms with E-state index in [0.29, 0.717) is 12.0 Å². The van der Waals surface area contributed by atoms with Gasteiger partial charge in [0.1, 0.15) is 0 Å². The van der Waals surface area contributed by atoms with Gasteiger partial charge in [0.15, 0.2) is 16.4 Å². The molecule has 0 aromatic heterocycles. The molecule has 2 fully saturated rings. The van der Waals surface area contributed by atoms with Crippen LogP contribution in [0.3, 0.4) is 0 Å². The van der Waals surface area contributed by atoms with E-state index in [1.54, 1.807) is 11.0 Å². The average Bonchev–Trinajstić information content (AvgIpc) is 3.29. The van der Waals surface area contributed by atoms with Gasteiger partial charge in [-0.15, -0.1) is 0 Å². The van der Waals surface area contributed by atoms with E-state index in [1.807, 2.05) is 26.0 Å². The number of hydrogen-bond donors (Lipinski definition) is 0. The molecule has 6 nitrogen and oxygen atoms in total. The number of ether oxygens (including phenoxy) is 1. The molecule has 1 atom stereocenters. The van der Waals surface area contributed by atoms with Gasteiger partial charge in [-0.1, -0.05) is 17.7 Å². The van der Waals surface area contributed by atoms with Crippen molar-refractivity contribution in [2.24, 2.45) is 0 Å². The second-order valence-corrected chi connectivity index (χ2v) is 9.21. The Labute approximate surface area is 148 Å². The molecule has 1 aromatic carbocycles. The Morgan fingerprint density at radius 3 is 2.44 bits per heavy atom. The fourth-order valence-electron chi connectivity index (χ4n) is 3.38. The monoisotopic (exact) mass is 365 g/mol. The zero-order valence-electron chi connectivity index (χ0n) is 14.5. The third kappa shape index (κ3) is 4.21. The van der Waals surface area contributed by atoms with E-state index in [4.69, 9.17) is 4.74 Å². The number of hydrogen-bond acceptors (Lipinski definition) is 5. The average molecular weight is 365 g/mol. The van der Waals surface area contributed by atoms with Gasteiger partial charge in [0.05, 0.1) is 17.1 Å². The van der Waals surface area contributed by atoms with Crippen LogP contribution >= 0.6 is 0 Å². The molecular formula is C18H23NO5S. The predicted octanol–water partition coefficient (Wildman–Crippen LogP) is 1.64. The van der Waals surface area contributed by atoms with E-state index in [9.17, 15) is 18.0 Å². The molecule has 2 aliphatic rings. The lowest BCUT2D eigenvalue weighted by Crippen LogP contribution is -2.44. The largest absolute Gasteiger partial charge is 0.452 e. The fourth-order valence-corrected chi connectivity index (χ4v) is 5.09. The highest BCUT2D eigenvalue weighted by Crippen LogP contribution is 2.32. The minimum absolute atomic E-state index is 0.0141. The van der Waals surface area contributed by atoms with Crippen molar-refractivity contribution in [2.45, 2.75) is 45.2 Å². The van der Waals surface area contributed by atoms with Gasteiger partial charge in [0, 0.05) is 12.1 Å². The van der Waals surface area contributed by atoms with Crippen molar-refractivity contribution in [2.75, 3.05) is 18.1 Å². The summed E-state index contributed by atoms with van der Waals surface area (Å²) in [5.74, 6) is -0.695. The van der Waals surface area contributed by atoms with Crippen LogP contribution in [0, 0.1) is 13.8 Å². The number of rotatable bonds is 5. The van der Waals surface area contributed by atoms with Crippen molar-refractivity contribution in [1.29, 1.82) is 0 Å². The first-order valence-electron chi connectivity index (χ1n) is 8.53. The minimum atomic E-state index is -3.07. The number of sulfone groups is 1. The van der Waals surface area contributed by atoms with Crippen molar-refractivity contribution in [3.8, 4) is 0 Å². The van der Waals surface area contributed by atoms with Gasteiger partial charge in [-0.25, -0.2) is 13.2 Å². The van der Waals surface area contributed by atoms with Crippen molar-refractivity contribution >= 4 is 21.7 Å². The standard InChI is InChI=1S/C18H23NO5S/c1-12-3-6-16(13(2)9-12)18(21)24-10-17(20)19(14-4-5-14)15-7-8-25(22,23)11-15/h3,6,9,14-15H,4-5,7-8,10-11H2,1-2H3/t15-/m1/s1. The summed E-state index contributed by atoms with van der Waals surface area (Å²) in [7, 11) is -3.07. The van der Waals surface area contributed by atoms with Crippen molar-refractivity contribution in [1.82, 2.24) is 4.90 Å². The van der Waals surface area contributed by atoms with E-state index in [1.165, 1.54) is 0 Å². The molecule has 1 saturated heterocycles. The van der Waals surface area contributed by atoms with Crippen LogP contribution in [0.5, 0.6) is 0 Å². The summed E-state index contributed by atoms with van der Waals surface area (Å²) in [6.45, 7) is 3.42. The minimum Gasteiger partial charge on any atom is -0.452 e. The smallest absolute Gasteiger partial charge is 0.338 e. The summed E-state index contributed by atoms with van der Waals surface area (Å²) in [6, 6.07) is 5.21. The van der Waals surface area contributed by atoms with Crippen LogP contribution in [0.1, 0.15) is 40.7 Å². The Kier molecular flexibility index (Phi) is 4.86. The van der Waals surface area contributed by atoms with Gasteiger partial charge in [0.2, 0.25) is 0 Å². The molecule has 0 unspecified atom stereocenters. The van der Waals surface area contributed by atoms with Gasteiger partial charge in [-0.2, -0.15) is 0 Å². The predicted molar refractivity (Wildman–Crippen MR) is 93.1 cm³/mol. The number of aryl methyl sites for hydroxylation is 2. The molecule has 1 heterocycles. The molecule has 1 amide bonds. The highest BCUT2D eigenvalue weighted by Gasteiger charge is 2.42. The molecule has 0 radical (unpaired) electrons. The Morgan fingerprint density at radius 1 is 1.16 bits per heavy atom. The zero-order chi connectivity index (χ0) is 18.2. The first kappa shape index (κ1) is 17.9. The first-order chi connectivity index (χ1) is 11.8. The van der Waals surface area contributed by atoms with Gasteiger partial charge < -0.3 is 9.64 Å². The van der Waals surface area contributed by atoms with Crippen LogP contribution in [0.25, 0.3) is 0 Å². The number of benzene rings is 1. The number of amides is 1. The summed E-state index contributed by atoms with van der Waals surface area (Å²) in [6.07, 6.45) is 2.23. The molecule has 1 aliphatic heterocycles. The molecule has 25 heavy (non-hydrogen) atoms. The molecular weight excluding hydrogens is 342 g/mol. The van der Waals surface area contributed by atoms with Crippen LogP contribution in [-0.2, 0) is 19.4 Å². The summed E-state index contributed by atoms with van der Waals surface area (Å²) in [4.78, 5) is 26.4. The first-order valence-corrected chi connectivity index (χ1v) is 10.3. The Balaban J connectivity index is 1.63. The van der Waals surface area contributed by atoms with Crippen LogP contribution in [0.2, 0.25) is 0 Å². The van der Waals surface area contributed by atoms with Crippen molar-refractivity contribution in [3.05, 3.63) is 34.9 Å². The van der Waals surface area contributed by atoms with Crippen molar-refractivity contribution < 1.29 is 22.7 Å². The Bertz CT molecular complexity index is 798. The number of carbonyl (C=O) groups is 2. The lowest BCUT2D eigenvalue weighted by atomic mass is 10.1. The van der Waals surface area contributed by atoms with Crippen LogP contribution in [0.15, 0.2) is 18.2 Å². The van der Waals surface area contributed by atoms with Crippen molar-refractivity contribution in [3.63, 3.8) is 0 Å². The Morgan fingerprint density at radius 2 is 1.88 bits per heavy atom. The molecule has 0 bridgehead atoms. The highest BCUT2D eigenvalue weighted by molar-refractivity contribution is 7.91. The molecule has 1 aliphatic carbocycles. The molecule has 0 spiro atoms. The van der Waals surface area contributed by atoms with E-state index < -0.39 is 15.8 Å². The van der Waals surface area contributed by atoms with E-state index >= 15 is 0 Å². The van der Waals surface area contributed by atoms with Crippen LogP contribution < -0.4 is 0 Å². The molecule has 1 aromatic rings. The number of carbonyl (C=O) groups excluding carboxylic acids is 2. The third-order valence-electron chi connectivity index (χ3n) is 4.76. The number of nitrogens with zero attached hydrogens (tertiary/aromatic N) is 1. The highest BCUT2D eigenvalue weighted by atomic mass is 32.2. The van der Waals surface area contributed by atoms with Gasteiger partial charge in [-0.3, -0.25) is 4.79 Å². The summed E-state index contributed by atoms with van der Waals surface area (Å²) >= 11 is 0. The molecule has 1 saturated carbocycles. The molecule has 0 N–H and O–H groups in total. The summed E-state index contributed by atoms with van der Waals surface area (Å²) < 4.78 is 28.6. The second-order valence-electron chi connectivity index (χ2n) is 6.98. The topological polar surface area (TPSA) is 80.8 Å². The molecule has 7 heteroatoms. The SMILES string of the molecule is Cc1ccc(C(=O)OCC(=O)N(C2CC2)[C@@H]2CCS(=O)(=O)C2)c(C)c1. The van der Waals surface area contributed by atoms with Gasteiger partial charge in [-0.05, 0) is 44.7 Å². The summed E-state index contributed by atoms with van der Waals surface area (Å²) in [5.41, 5.74) is 2.30. The lowest BCUT2D eigenvalue weighted by molar-refractivity contribution is -0.137. The third-order valence-corrected chi connectivity index (χ3v) is 6.51. The normalized spacial score (nSPS) is 21.8. The summed E-state index contributed by atoms with van der Waals surface area (Å²) in [5, 5.41) is 0. The van der Waals surface area contributed by atoms with Gasteiger partial charge >= 0.3 is 5.97 Å². The van der Waals surface area contributed by atoms with Gasteiger partial charge in [0.25, 0.3) is 5.91 Å². The maximum absolute atomic E-state index is 12.6. The second kappa shape index (κ2) is 6.78. The van der Waals surface area contributed by atoms with Crippen LogP contribution in [0.4, 0.5) is 0 Å². The van der Waals surface area contributed by atoms with Crippen LogP contribution in [-0.4, -0.2) is 55.4 Å². The molecule has 136 valence electrons. The fraction of sp³-hybridized carbons (Fsp3) is 0.556. The Hall–Kier alpha value is -1.89. The zero-order valence-corrected chi connectivity index (χ0v) is 15.3. The van der Waals surface area contributed by atoms with E-state index in [0.717, 1.165) is 24.0 Å². The quantitative estimate of drug-likeness (QED) is 0.741. The number of esters is 1. The molecule has 3 rings (SSSR count). The van der Waals surface area contributed by atoms with E-state index in [2.05, 4.69) is 0 Å². The lowest BCUT2D eigenvalue weighted by Gasteiger charge is -2.28. The van der Waals surface area contributed by atoms with E-state index in [-0.39, 0.29) is 36.1 Å². The maximum Gasteiger partial charge on any atom is 0.338 e.